The van der Waals surface area contributed by atoms with Crippen molar-refractivity contribution in [2.75, 3.05) is 6.61 Å². The number of H-pyrrole nitrogens is 1. The van der Waals surface area contributed by atoms with E-state index < -0.39 is 0 Å². The van der Waals surface area contributed by atoms with E-state index in [2.05, 4.69) is 33.8 Å². The highest BCUT2D eigenvalue weighted by Gasteiger charge is 2.24. The number of hydrogen-bond acceptors (Lipinski definition) is 3. The minimum Gasteiger partial charge on any atom is -0.378 e. The van der Waals surface area contributed by atoms with Crippen LogP contribution in [0, 0.1) is 4.77 Å². The lowest BCUT2D eigenvalue weighted by atomic mass is 10.0. The van der Waals surface area contributed by atoms with Crippen molar-refractivity contribution >= 4 is 12.2 Å². The molecule has 2 unspecified atom stereocenters. The van der Waals surface area contributed by atoms with E-state index in [1.807, 2.05) is 18.2 Å². The molecule has 0 radical (unpaired) electrons. The Balaban J connectivity index is 2.02. The molecule has 1 aliphatic heterocycles. The molecule has 1 aromatic heterocycles. The zero-order valence-electron chi connectivity index (χ0n) is 10.9. The predicted octanol–water partition coefficient (Wildman–Crippen LogP) is 3.35. The van der Waals surface area contributed by atoms with Crippen molar-refractivity contribution in [2.24, 2.45) is 0 Å². The van der Waals surface area contributed by atoms with Gasteiger partial charge in [0.05, 0.1) is 6.10 Å². The summed E-state index contributed by atoms with van der Waals surface area (Å²) in [5, 5.41) is 7.31. The Labute approximate surface area is 117 Å². The molecule has 1 N–H and O–H groups in total. The number of ether oxygens (including phenoxy) is 1. The fourth-order valence-corrected chi connectivity index (χ4v) is 2.92. The minimum absolute atomic E-state index is 0.277. The van der Waals surface area contributed by atoms with E-state index in [4.69, 9.17) is 17.0 Å². The fourth-order valence-electron chi connectivity index (χ4n) is 2.64. The molecule has 2 atom stereocenters. The van der Waals surface area contributed by atoms with Crippen LogP contribution < -0.4 is 0 Å². The quantitative estimate of drug-likeness (QED) is 0.855. The maximum Gasteiger partial charge on any atom is 0.195 e. The SMILES string of the molecule is CC1CC(n2c(-c3ccccc3)n[nH]c2=S)CCO1. The van der Waals surface area contributed by atoms with Gasteiger partial charge in [-0.2, -0.15) is 5.10 Å². The molecule has 2 heterocycles. The van der Waals surface area contributed by atoms with E-state index in [1.54, 1.807) is 0 Å². The van der Waals surface area contributed by atoms with E-state index in [0.29, 0.717) is 10.8 Å². The van der Waals surface area contributed by atoms with Gasteiger partial charge in [0.15, 0.2) is 10.6 Å². The van der Waals surface area contributed by atoms with Crippen molar-refractivity contribution in [3.05, 3.63) is 35.1 Å². The van der Waals surface area contributed by atoms with Gasteiger partial charge in [0, 0.05) is 18.2 Å². The number of rotatable bonds is 2. The van der Waals surface area contributed by atoms with E-state index in [9.17, 15) is 0 Å². The lowest BCUT2D eigenvalue weighted by Gasteiger charge is -2.28. The number of nitrogens with one attached hydrogen (secondary N) is 1. The molecule has 0 saturated carbocycles. The van der Waals surface area contributed by atoms with Crippen molar-refractivity contribution in [1.29, 1.82) is 0 Å². The van der Waals surface area contributed by atoms with Crippen LogP contribution in [0.2, 0.25) is 0 Å². The largest absolute Gasteiger partial charge is 0.378 e. The smallest absolute Gasteiger partial charge is 0.195 e. The molecule has 3 rings (SSSR count). The van der Waals surface area contributed by atoms with Gasteiger partial charge in [0.2, 0.25) is 0 Å². The average Bonchev–Trinajstić information content (AvgIpc) is 2.82. The van der Waals surface area contributed by atoms with Gasteiger partial charge in [-0.1, -0.05) is 30.3 Å². The van der Waals surface area contributed by atoms with Crippen LogP contribution in [-0.2, 0) is 4.74 Å². The Morgan fingerprint density at radius 3 is 2.89 bits per heavy atom. The first kappa shape index (κ1) is 12.6. The molecular formula is C14H17N3OS. The molecule has 1 saturated heterocycles. The van der Waals surface area contributed by atoms with Crippen molar-refractivity contribution in [2.45, 2.75) is 31.9 Å². The van der Waals surface area contributed by atoms with Crippen LogP contribution in [0.3, 0.4) is 0 Å². The van der Waals surface area contributed by atoms with Crippen LogP contribution >= 0.6 is 12.2 Å². The molecule has 100 valence electrons. The van der Waals surface area contributed by atoms with Gasteiger partial charge in [-0.3, -0.25) is 9.67 Å². The van der Waals surface area contributed by atoms with Crippen molar-refractivity contribution in [3.63, 3.8) is 0 Å². The molecule has 1 aliphatic rings. The van der Waals surface area contributed by atoms with Gasteiger partial charge < -0.3 is 4.74 Å². The summed E-state index contributed by atoms with van der Waals surface area (Å²) < 4.78 is 8.45. The molecule has 4 nitrogen and oxygen atoms in total. The summed E-state index contributed by atoms with van der Waals surface area (Å²) >= 11 is 5.40. The topological polar surface area (TPSA) is 42.8 Å². The summed E-state index contributed by atoms with van der Waals surface area (Å²) in [7, 11) is 0. The molecule has 1 fully saturated rings. The lowest BCUT2D eigenvalue weighted by Crippen LogP contribution is -2.26. The molecule has 0 spiro atoms. The zero-order chi connectivity index (χ0) is 13.2. The summed E-state index contributed by atoms with van der Waals surface area (Å²) in [4.78, 5) is 0. The van der Waals surface area contributed by atoms with Gasteiger partial charge in [0.1, 0.15) is 0 Å². The van der Waals surface area contributed by atoms with Crippen LogP contribution in [0.5, 0.6) is 0 Å². The highest BCUT2D eigenvalue weighted by atomic mass is 32.1. The molecule has 0 aliphatic carbocycles. The molecule has 5 heteroatoms. The normalized spacial score (nSPS) is 23.4. The van der Waals surface area contributed by atoms with Crippen molar-refractivity contribution in [3.8, 4) is 11.4 Å². The Hall–Kier alpha value is -1.46. The monoisotopic (exact) mass is 275 g/mol. The average molecular weight is 275 g/mol. The third kappa shape index (κ3) is 2.48. The molecule has 0 amide bonds. The Morgan fingerprint density at radius 2 is 2.16 bits per heavy atom. The third-order valence-electron chi connectivity index (χ3n) is 3.56. The minimum atomic E-state index is 0.277. The Kier molecular flexibility index (Phi) is 3.48. The summed E-state index contributed by atoms with van der Waals surface area (Å²) in [5.41, 5.74) is 1.09. The molecule has 2 aromatic rings. The van der Waals surface area contributed by atoms with Crippen LogP contribution in [0.4, 0.5) is 0 Å². The van der Waals surface area contributed by atoms with E-state index in [0.717, 1.165) is 30.8 Å². The second-order valence-corrected chi connectivity index (χ2v) is 5.33. The van der Waals surface area contributed by atoms with E-state index in [1.165, 1.54) is 0 Å². The predicted molar refractivity (Wildman–Crippen MR) is 76.5 cm³/mol. The van der Waals surface area contributed by atoms with E-state index >= 15 is 0 Å². The Morgan fingerprint density at radius 1 is 1.37 bits per heavy atom. The van der Waals surface area contributed by atoms with Gasteiger partial charge in [0.25, 0.3) is 0 Å². The fraction of sp³-hybridized carbons (Fsp3) is 0.429. The second-order valence-electron chi connectivity index (χ2n) is 4.95. The number of hydrogen-bond donors (Lipinski definition) is 1. The highest BCUT2D eigenvalue weighted by molar-refractivity contribution is 7.71. The van der Waals surface area contributed by atoms with Crippen molar-refractivity contribution < 1.29 is 4.74 Å². The number of benzene rings is 1. The highest BCUT2D eigenvalue weighted by Crippen LogP contribution is 2.29. The van der Waals surface area contributed by atoms with Gasteiger partial charge in [-0.25, -0.2) is 0 Å². The standard InChI is InChI=1S/C14H17N3OS/c1-10-9-12(7-8-18-10)17-13(15-16-14(17)19)11-5-3-2-4-6-11/h2-6,10,12H,7-9H2,1H3,(H,16,19). The molecular weight excluding hydrogens is 258 g/mol. The summed E-state index contributed by atoms with van der Waals surface area (Å²) in [6, 6.07) is 10.5. The summed E-state index contributed by atoms with van der Waals surface area (Å²) in [5.74, 6) is 0.921. The number of aromatic amines is 1. The van der Waals surface area contributed by atoms with Crippen LogP contribution in [-0.4, -0.2) is 27.5 Å². The summed E-state index contributed by atoms with van der Waals surface area (Å²) in [6.45, 7) is 2.89. The number of nitrogens with zero attached hydrogens (tertiary/aromatic N) is 2. The zero-order valence-corrected chi connectivity index (χ0v) is 11.7. The Bertz CT molecular complexity index is 605. The maximum absolute atomic E-state index is 5.61. The summed E-state index contributed by atoms with van der Waals surface area (Å²) in [6.07, 6.45) is 2.24. The number of aromatic nitrogens is 3. The first-order valence-electron chi connectivity index (χ1n) is 6.59. The van der Waals surface area contributed by atoms with Gasteiger partial charge >= 0.3 is 0 Å². The molecule has 1 aromatic carbocycles. The lowest BCUT2D eigenvalue weighted by molar-refractivity contribution is 0.00596. The first-order chi connectivity index (χ1) is 9.25. The van der Waals surface area contributed by atoms with Crippen LogP contribution in [0.1, 0.15) is 25.8 Å². The van der Waals surface area contributed by atoms with E-state index in [-0.39, 0.29) is 6.10 Å². The van der Waals surface area contributed by atoms with Gasteiger partial charge in [-0.05, 0) is 32.0 Å². The second kappa shape index (κ2) is 5.27. The van der Waals surface area contributed by atoms with Gasteiger partial charge in [-0.15, -0.1) is 0 Å². The third-order valence-corrected chi connectivity index (χ3v) is 3.85. The molecule has 0 bridgehead atoms. The van der Waals surface area contributed by atoms with Crippen LogP contribution in [0.25, 0.3) is 11.4 Å². The van der Waals surface area contributed by atoms with Crippen LogP contribution in [0.15, 0.2) is 30.3 Å². The van der Waals surface area contributed by atoms with Crippen molar-refractivity contribution in [1.82, 2.24) is 14.8 Å². The first-order valence-corrected chi connectivity index (χ1v) is 7.00. The maximum atomic E-state index is 5.61. The molecule has 19 heavy (non-hydrogen) atoms.